The normalized spacial score (nSPS) is 13.7. The Morgan fingerprint density at radius 2 is 2.00 bits per heavy atom. The molecule has 4 nitrogen and oxygen atoms in total. The monoisotopic (exact) mass is 337 g/mol. The average molecular weight is 338 g/mol. The van der Waals surface area contributed by atoms with Gasteiger partial charge in [0.1, 0.15) is 5.75 Å². The van der Waals surface area contributed by atoms with Crippen LogP contribution in [0.5, 0.6) is 5.75 Å². The van der Waals surface area contributed by atoms with Gasteiger partial charge in [-0.05, 0) is 31.0 Å². The smallest absolute Gasteiger partial charge is 0.196 e. The first kappa shape index (κ1) is 19.7. The Morgan fingerprint density at radius 1 is 1.39 bits per heavy atom. The molecule has 0 amide bonds. The number of pyridine rings is 1. The van der Waals surface area contributed by atoms with Gasteiger partial charge in [0.2, 0.25) is 0 Å². The van der Waals surface area contributed by atoms with E-state index in [4.69, 9.17) is 9.16 Å². The first-order chi connectivity index (χ1) is 10.5. The summed E-state index contributed by atoms with van der Waals surface area (Å²) in [5.74, 6) is 0.754. The number of methoxy groups -OCH3 is 1. The van der Waals surface area contributed by atoms with Gasteiger partial charge in [-0.25, -0.2) is 0 Å². The molecule has 0 aromatic carbocycles. The average Bonchev–Trinajstić information content (AvgIpc) is 2.45. The maximum absolute atomic E-state index is 11.8. The first-order valence-electron chi connectivity index (χ1n) is 8.09. The van der Waals surface area contributed by atoms with Crippen molar-refractivity contribution in [3.05, 3.63) is 41.4 Å². The Balaban J connectivity index is 2.88. The molecule has 130 valence electrons. The molecule has 0 saturated heterocycles. The molecular formula is C18H31NO3Si. The van der Waals surface area contributed by atoms with Gasteiger partial charge in [0.05, 0.1) is 18.8 Å². The molecule has 0 saturated carbocycles. The fourth-order valence-electron chi connectivity index (χ4n) is 2.22. The van der Waals surface area contributed by atoms with Crippen LogP contribution in [0.2, 0.25) is 18.1 Å². The minimum absolute atomic E-state index is 0.0136. The Hall–Kier alpha value is -1.33. The van der Waals surface area contributed by atoms with E-state index in [1.54, 1.807) is 13.2 Å². The lowest BCUT2D eigenvalue weighted by Gasteiger charge is -2.38. The highest BCUT2D eigenvalue weighted by Gasteiger charge is 2.38. The van der Waals surface area contributed by atoms with E-state index in [0.29, 0.717) is 5.69 Å². The van der Waals surface area contributed by atoms with Gasteiger partial charge in [-0.2, -0.15) is 4.73 Å². The van der Waals surface area contributed by atoms with Gasteiger partial charge in [-0.1, -0.05) is 26.8 Å². The van der Waals surface area contributed by atoms with Crippen molar-refractivity contribution in [1.29, 1.82) is 0 Å². The van der Waals surface area contributed by atoms with Gasteiger partial charge in [0, 0.05) is 13.0 Å². The lowest BCUT2D eigenvalue weighted by atomic mass is 10.0. The van der Waals surface area contributed by atoms with Gasteiger partial charge >= 0.3 is 0 Å². The highest BCUT2D eigenvalue weighted by molar-refractivity contribution is 6.74. The molecule has 0 aliphatic rings. The third kappa shape index (κ3) is 4.82. The van der Waals surface area contributed by atoms with Crippen molar-refractivity contribution in [3.63, 3.8) is 0 Å². The minimum atomic E-state index is -1.84. The van der Waals surface area contributed by atoms with Crippen molar-refractivity contribution in [2.45, 2.75) is 64.8 Å². The Labute approximate surface area is 141 Å². The summed E-state index contributed by atoms with van der Waals surface area (Å²) < 4.78 is 12.7. The number of ether oxygens (including phenoxy) is 1. The molecule has 0 aliphatic carbocycles. The van der Waals surface area contributed by atoms with Crippen LogP contribution in [0.15, 0.2) is 24.9 Å². The summed E-state index contributed by atoms with van der Waals surface area (Å²) in [6.45, 7) is 16.9. The van der Waals surface area contributed by atoms with Crippen LogP contribution in [0.4, 0.5) is 0 Å². The van der Waals surface area contributed by atoms with Crippen LogP contribution in [-0.2, 0) is 10.8 Å². The van der Waals surface area contributed by atoms with Gasteiger partial charge < -0.3 is 14.4 Å². The van der Waals surface area contributed by atoms with E-state index in [1.807, 2.05) is 13.0 Å². The van der Waals surface area contributed by atoms with Gasteiger partial charge in [-0.15, -0.1) is 6.58 Å². The summed E-state index contributed by atoms with van der Waals surface area (Å²) >= 11 is 0. The largest absolute Gasteiger partial charge is 0.618 e. The van der Waals surface area contributed by atoms with E-state index in [9.17, 15) is 5.21 Å². The number of hydrogen-bond donors (Lipinski definition) is 0. The molecule has 0 radical (unpaired) electrons. The van der Waals surface area contributed by atoms with E-state index in [0.717, 1.165) is 28.9 Å². The third-order valence-electron chi connectivity index (χ3n) is 4.84. The summed E-state index contributed by atoms with van der Waals surface area (Å²) in [6.07, 6.45) is 4.85. The molecule has 1 aromatic heterocycles. The molecule has 1 aromatic rings. The quantitative estimate of drug-likeness (QED) is 0.325. The van der Waals surface area contributed by atoms with Crippen LogP contribution >= 0.6 is 0 Å². The number of hydrogen-bond acceptors (Lipinski definition) is 3. The lowest BCUT2D eigenvalue weighted by Crippen LogP contribution is -2.43. The van der Waals surface area contributed by atoms with Crippen molar-refractivity contribution in [2.75, 3.05) is 7.11 Å². The van der Waals surface area contributed by atoms with Crippen molar-refractivity contribution in [2.24, 2.45) is 0 Å². The molecule has 1 atom stereocenters. The van der Waals surface area contributed by atoms with Crippen LogP contribution in [0, 0.1) is 12.1 Å². The summed E-state index contributed by atoms with van der Waals surface area (Å²) in [5, 5.41) is 12.0. The van der Waals surface area contributed by atoms with E-state index in [2.05, 4.69) is 40.4 Å². The number of aromatic nitrogens is 1. The lowest BCUT2D eigenvalue weighted by molar-refractivity contribution is -0.612. The minimum Gasteiger partial charge on any atom is -0.618 e. The summed E-state index contributed by atoms with van der Waals surface area (Å²) in [7, 11) is -0.213. The summed E-state index contributed by atoms with van der Waals surface area (Å²) in [6, 6.07) is 1.72. The molecule has 0 N–H and O–H groups in total. The predicted molar refractivity (Wildman–Crippen MR) is 97.3 cm³/mol. The van der Waals surface area contributed by atoms with E-state index < -0.39 is 8.32 Å². The first-order valence-corrected chi connectivity index (χ1v) is 11.0. The zero-order valence-electron chi connectivity index (χ0n) is 15.6. The second-order valence-electron chi connectivity index (χ2n) is 7.46. The fraction of sp³-hybridized carbons (Fsp3) is 0.611. The fourth-order valence-corrected chi connectivity index (χ4v) is 3.55. The topological polar surface area (TPSA) is 45.4 Å². The molecule has 0 bridgehead atoms. The highest BCUT2D eigenvalue weighted by Crippen LogP contribution is 2.38. The van der Waals surface area contributed by atoms with Crippen LogP contribution < -0.4 is 9.47 Å². The molecule has 1 unspecified atom stereocenters. The highest BCUT2D eigenvalue weighted by atomic mass is 28.4. The predicted octanol–water partition coefficient (Wildman–Crippen LogP) is 4.15. The SMILES string of the molecule is C=CC(CCc1c(OC)cc[n+]([O-])c1C)O[Si](C)(C)C(C)(C)C. The Bertz CT molecular complexity index is 550. The van der Waals surface area contributed by atoms with Crippen molar-refractivity contribution >= 4 is 8.32 Å². The number of rotatable bonds is 7. The molecule has 0 spiro atoms. The van der Waals surface area contributed by atoms with Crippen LogP contribution in [0.1, 0.15) is 38.4 Å². The maximum Gasteiger partial charge on any atom is 0.196 e. The summed E-state index contributed by atoms with van der Waals surface area (Å²) in [4.78, 5) is 0. The molecule has 0 aliphatic heterocycles. The zero-order valence-corrected chi connectivity index (χ0v) is 16.6. The number of nitrogens with zero attached hydrogens (tertiary/aromatic N) is 1. The van der Waals surface area contributed by atoms with Crippen LogP contribution in [-0.4, -0.2) is 21.5 Å². The summed E-state index contributed by atoms with van der Waals surface area (Å²) in [5.41, 5.74) is 1.62. The van der Waals surface area contributed by atoms with Crippen molar-refractivity contribution < 1.29 is 13.9 Å². The van der Waals surface area contributed by atoms with Gasteiger partial charge in [0.15, 0.2) is 20.2 Å². The molecule has 5 heteroatoms. The molecule has 0 fully saturated rings. The van der Waals surface area contributed by atoms with E-state index in [-0.39, 0.29) is 11.1 Å². The maximum atomic E-state index is 11.8. The molecular weight excluding hydrogens is 306 g/mol. The molecule has 1 heterocycles. The zero-order chi connectivity index (χ0) is 17.8. The Morgan fingerprint density at radius 3 is 2.48 bits per heavy atom. The second kappa shape index (κ2) is 7.49. The standard InChI is InChI=1S/C18H31NO3Si/c1-9-15(22-23(7,8)18(3,4)5)10-11-16-14(2)19(20)13-12-17(16)21-6/h9,12-13,15H,1,10-11H2,2-8H3. The van der Waals surface area contributed by atoms with Crippen molar-refractivity contribution in [1.82, 2.24) is 0 Å². The van der Waals surface area contributed by atoms with E-state index >= 15 is 0 Å². The second-order valence-corrected chi connectivity index (χ2v) is 12.2. The van der Waals surface area contributed by atoms with E-state index in [1.165, 1.54) is 6.20 Å². The third-order valence-corrected chi connectivity index (χ3v) is 9.34. The van der Waals surface area contributed by atoms with Crippen LogP contribution in [0.25, 0.3) is 0 Å². The molecule has 1 rings (SSSR count). The van der Waals surface area contributed by atoms with Gasteiger partial charge in [0.25, 0.3) is 0 Å². The Kier molecular flexibility index (Phi) is 6.42. The molecule has 23 heavy (non-hydrogen) atoms. The van der Waals surface area contributed by atoms with Crippen molar-refractivity contribution in [3.8, 4) is 5.75 Å². The van der Waals surface area contributed by atoms with Gasteiger partial charge in [-0.3, -0.25) is 0 Å². The van der Waals surface area contributed by atoms with Crippen LogP contribution in [0.3, 0.4) is 0 Å².